The maximum atomic E-state index is 12.4. The summed E-state index contributed by atoms with van der Waals surface area (Å²) in [5.41, 5.74) is 8.24. The van der Waals surface area contributed by atoms with Gasteiger partial charge < -0.3 is 11.1 Å². The van der Waals surface area contributed by atoms with Crippen LogP contribution in [0.1, 0.15) is 39.7 Å². The number of carbonyl (C=O) groups excluding carboxylic acids is 1. The predicted octanol–water partition coefficient (Wildman–Crippen LogP) is 3.90. The summed E-state index contributed by atoms with van der Waals surface area (Å²) in [4.78, 5) is 13.8. The van der Waals surface area contributed by atoms with Crippen molar-refractivity contribution in [2.75, 3.05) is 5.73 Å². The number of hydrogen-bond acceptors (Lipinski definition) is 3. The maximum Gasteiger partial charge on any atom is 0.251 e. The molecule has 0 fully saturated rings. The Labute approximate surface area is 130 Å². The van der Waals surface area contributed by atoms with Crippen LogP contribution in [0, 0.1) is 0 Å². The van der Waals surface area contributed by atoms with Gasteiger partial charge in [-0.05, 0) is 54.5 Å². The van der Waals surface area contributed by atoms with Crippen molar-refractivity contribution in [1.29, 1.82) is 0 Å². The van der Waals surface area contributed by atoms with Crippen molar-refractivity contribution >= 4 is 38.9 Å². The Morgan fingerprint density at radius 2 is 2.25 bits per heavy atom. The number of hydrogen-bond donors (Lipinski definition) is 2. The number of benzene rings is 1. The van der Waals surface area contributed by atoms with Gasteiger partial charge in [0.1, 0.15) is 0 Å². The van der Waals surface area contributed by atoms with E-state index in [1.165, 1.54) is 10.4 Å². The van der Waals surface area contributed by atoms with E-state index in [-0.39, 0.29) is 11.9 Å². The van der Waals surface area contributed by atoms with Gasteiger partial charge >= 0.3 is 0 Å². The second kappa shape index (κ2) is 5.58. The van der Waals surface area contributed by atoms with Crippen LogP contribution >= 0.6 is 27.3 Å². The zero-order chi connectivity index (χ0) is 14.1. The third-order valence-corrected chi connectivity index (χ3v) is 4.99. The van der Waals surface area contributed by atoms with Crippen molar-refractivity contribution in [3.63, 3.8) is 0 Å². The van der Waals surface area contributed by atoms with Crippen LogP contribution in [0.2, 0.25) is 0 Å². The monoisotopic (exact) mass is 350 g/mol. The molecule has 104 valence electrons. The first kappa shape index (κ1) is 13.6. The number of aryl methyl sites for hydroxylation is 1. The molecule has 5 heteroatoms. The summed E-state index contributed by atoms with van der Waals surface area (Å²) in [5, 5.41) is 5.23. The van der Waals surface area contributed by atoms with E-state index >= 15 is 0 Å². The molecule has 0 spiro atoms. The number of amides is 1. The lowest BCUT2D eigenvalue weighted by Gasteiger charge is -2.23. The van der Waals surface area contributed by atoms with Crippen LogP contribution in [0.5, 0.6) is 0 Å². The molecule has 3 N–H and O–H groups in total. The third kappa shape index (κ3) is 2.74. The molecule has 1 unspecified atom stereocenters. The van der Waals surface area contributed by atoms with Crippen LogP contribution in [-0.4, -0.2) is 5.91 Å². The number of nitrogens with one attached hydrogen (secondary N) is 1. The molecule has 3 rings (SSSR count). The quantitative estimate of drug-likeness (QED) is 0.807. The summed E-state index contributed by atoms with van der Waals surface area (Å²) >= 11 is 5.15. The van der Waals surface area contributed by atoms with E-state index in [0.717, 1.165) is 23.7 Å². The fraction of sp³-hybridized carbons (Fsp3) is 0.267. The standard InChI is InChI=1S/C15H15BrN2OS/c16-10-6-9(7-11(17)8-10)15(19)18-13-2-1-3-14-12(13)4-5-20-14/h4-8,13H,1-3,17H2,(H,18,19). The SMILES string of the molecule is Nc1cc(Br)cc(C(=O)NC2CCCc3sccc32)c1. The lowest BCUT2D eigenvalue weighted by Crippen LogP contribution is -2.30. The highest BCUT2D eigenvalue weighted by Crippen LogP contribution is 2.33. The zero-order valence-electron chi connectivity index (χ0n) is 10.9. The van der Waals surface area contributed by atoms with Crippen molar-refractivity contribution in [1.82, 2.24) is 5.32 Å². The Balaban J connectivity index is 1.80. The molecule has 0 saturated heterocycles. The Morgan fingerprint density at radius 1 is 1.40 bits per heavy atom. The van der Waals surface area contributed by atoms with Gasteiger partial charge in [-0.15, -0.1) is 11.3 Å². The average molecular weight is 351 g/mol. The van der Waals surface area contributed by atoms with Gasteiger partial charge in [0.25, 0.3) is 5.91 Å². The summed E-state index contributed by atoms with van der Waals surface area (Å²) in [6.45, 7) is 0. The number of nitrogen functional groups attached to an aromatic ring is 1. The van der Waals surface area contributed by atoms with Crippen molar-refractivity contribution in [3.05, 3.63) is 50.1 Å². The first-order chi connectivity index (χ1) is 9.63. The maximum absolute atomic E-state index is 12.4. The molecule has 3 nitrogen and oxygen atoms in total. The van der Waals surface area contributed by atoms with Gasteiger partial charge in [-0.1, -0.05) is 15.9 Å². The molecule has 0 saturated carbocycles. The van der Waals surface area contributed by atoms with E-state index in [0.29, 0.717) is 11.3 Å². The van der Waals surface area contributed by atoms with Crippen molar-refractivity contribution in [3.8, 4) is 0 Å². The number of nitrogens with two attached hydrogens (primary N) is 1. The molecule has 0 radical (unpaired) electrons. The summed E-state index contributed by atoms with van der Waals surface area (Å²) in [5.74, 6) is -0.0675. The average Bonchev–Trinajstić information content (AvgIpc) is 2.87. The highest BCUT2D eigenvalue weighted by molar-refractivity contribution is 9.10. The third-order valence-electron chi connectivity index (χ3n) is 3.54. The Bertz CT molecular complexity index is 633. The van der Waals surface area contributed by atoms with E-state index in [2.05, 4.69) is 32.7 Å². The minimum Gasteiger partial charge on any atom is -0.399 e. The molecule has 1 aliphatic carbocycles. The number of thiophene rings is 1. The molecule has 1 aromatic carbocycles. The van der Waals surface area contributed by atoms with Crippen LogP contribution in [0.15, 0.2) is 34.1 Å². The van der Waals surface area contributed by atoms with E-state index in [1.54, 1.807) is 29.5 Å². The van der Waals surface area contributed by atoms with Gasteiger partial charge in [-0.2, -0.15) is 0 Å². The molecule has 2 aromatic rings. The van der Waals surface area contributed by atoms with E-state index in [1.807, 2.05) is 0 Å². The second-order valence-electron chi connectivity index (χ2n) is 4.99. The minimum absolute atomic E-state index is 0.0675. The lowest BCUT2D eigenvalue weighted by molar-refractivity contribution is 0.0933. The van der Waals surface area contributed by atoms with Gasteiger partial charge in [0, 0.05) is 20.6 Å². The molecular weight excluding hydrogens is 336 g/mol. The lowest BCUT2D eigenvalue weighted by atomic mass is 9.94. The topological polar surface area (TPSA) is 55.1 Å². The molecule has 1 atom stereocenters. The first-order valence-electron chi connectivity index (χ1n) is 6.56. The normalized spacial score (nSPS) is 17.6. The van der Waals surface area contributed by atoms with Gasteiger partial charge in [0.2, 0.25) is 0 Å². The van der Waals surface area contributed by atoms with E-state index in [4.69, 9.17) is 5.73 Å². The van der Waals surface area contributed by atoms with Crippen molar-refractivity contribution < 1.29 is 4.79 Å². The molecule has 1 aliphatic rings. The van der Waals surface area contributed by atoms with Gasteiger partial charge in [-0.3, -0.25) is 4.79 Å². The van der Waals surface area contributed by atoms with Gasteiger partial charge in [0.05, 0.1) is 6.04 Å². The highest BCUT2D eigenvalue weighted by Gasteiger charge is 2.23. The van der Waals surface area contributed by atoms with Crippen LogP contribution in [0.4, 0.5) is 5.69 Å². The van der Waals surface area contributed by atoms with E-state index in [9.17, 15) is 4.79 Å². The molecule has 1 heterocycles. The summed E-state index contributed by atoms with van der Waals surface area (Å²) < 4.78 is 0.822. The fourth-order valence-corrected chi connectivity index (χ4v) is 4.12. The van der Waals surface area contributed by atoms with Gasteiger partial charge in [-0.25, -0.2) is 0 Å². The molecule has 20 heavy (non-hydrogen) atoms. The predicted molar refractivity (Wildman–Crippen MR) is 86.0 cm³/mol. The first-order valence-corrected chi connectivity index (χ1v) is 8.24. The van der Waals surface area contributed by atoms with Crippen molar-refractivity contribution in [2.45, 2.75) is 25.3 Å². The van der Waals surface area contributed by atoms with Crippen LogP contribution < -0.4 is 11.1 Å². The van der Waals surface area contributed by atoms with Crippen LogP contribution in [0.3, 0.4) is 0 Å². The Kier molecular flexibility index (Phi) is 3.81. The highest BCUT2D eigenvalue weighted by atomic mass is 79.9. The number of anilines is 1. The molecule has 1 aromatic heterocycles. The Morgan fingerprint density at radius 3 is 3.05 bits per heavy atom. The number of carbonyl (C=O) groups is 1. The minimum atomic E-state index is -0.0675. The second-order valence-corrected chi connectivity index (χ2v) is 6.91. The molecule has 0 bridgehead atoms. The van der Waals surface area contributed by atoms with Crippen LogP contribution in [0.25, 0.3) is 0 Å². The summed E-state index contributed by atoms with van der Waals surface area (Å²) in [6, 6.07) is 7.53. The molecule has 1 amide bonds. The fourth-order valence-electron chi connectivity index (χ4n) is 2.62. The largest absolute Gasteiger partial charge is 0.399 e. The van der Waals surface area contributed by atoms with E-state index < -0.39 is 0 Å². The number of rotatable bonds is 2. The van der Waals surface area contributed by atoms with Crippen LogP contribution in [-0.2, 0) is 6.42 Å². The summed E-state index contributed by atoms with van der Waals surface area (Å²) in [7, 11) is 0. The number of fused-ring (bicyclic) bond motifs is 1. The van der Waals surface area contributed by atoms with Gasteiger partial charge in [0.15, 0.2) is 0 Å². The van der Waals surface area contributed by atoms with Crippen molar-refractivity contribution in [2.24, 2.45) is 0 Å². The number of halogens is 1. The zero-order valence-corrected chi connectivity index (χ0v) is 13.3. The smallest absolute Gasteiger partial charge is 0.251 e. The molecular formula is C15H15BrN2OS. The summed E-state index contributed by atoms with van der Waals surface area (Å²) in [6.07, 6.45) is 3.25. The molecule has 0 aliphatic heterocycles. The Hall–Kier alpha value is -1.33.